The third-order valence-electron chi connectivity index (χ3n) is 2.22. The summed E-state index contributed by atoms with van der Waals surface area (Å²) in [4.78, 5) is 12.3. The molecule has 0 aliphatic heterocycles. The molecule has 0 amide bonds. The van der Waals surface area contributed by atoms with Crippen molar-refractivity contribution in [3.8, 4) is 5.75 Å². The first kappa shape index (κ1) is 11.4. The summed E-state index contributed by atoms with van der Waals surface area (Å²) in [7, 11) is 1.57. The Morgan fingerprint density at radius 1 is 1.24 bits per heavy atom. The second kappa shape index (κ2) is 4.82. The van der Waals surface area contributed by atoms with Crippen molar-refractivity contribution in [3.63, 3.8) is 0 Å². The maximum Gasteiger partial charge on any atom is 0.223 e. The Hall–Kier alpha value is -2.11. The van der Waals surface area contributed by atoms with Crippen LogP contribution in [-0.2, 0) is 0 Å². The number of hydrogen-bond donors (Lipinski definition) is 1. The van der Waals surface area contributed by atoms with E-state index in [-0.39, 0.29) is 6.04 Å². The standard InChI is InChI=1S/C11H14N4O2/c1-7-4-12-10(17-7)8(2)15-11-13-5-9(16-3)6-14-11/h4-6,8H,1-3H3,(H,13,14,15). The summed E-state index contributed by atoms with van der Waals surface area (Å²) in [6.07, 6.45) is 4.88. The summed E-state index contributed by atoms with van der Waals surface area (Å²) in [5, 5.41) is 3.09. The molecule has 1 atom stereocenters. The first-order chi connectivity index (χ1) is 8.19. The van der Waals surface area contributed by atoms with Gasteiger partial charge < -0.3 is 14.5 Å². The molecule has 0 radical (unpaired) electrons. The van der Waals surface area contributed by atoms with Crippen molar-refractivity contribution in [2.24, 2.45) is 0 Å². The van der Waals surface area contributed by atoms with E-state index in [9.17, 15) is 0 Å². The van der Waals surface area contributed by atoms with Crippen molar-refractivity contribution in [1.29, 1.82) is 0 Å². The Balaban J connectivity index is 2.04. The largest absolute Gasteiger partial charge is 0.494 e. The van der Waals surface area contributed by atoms with Gasteiger partial charge in [0.2, 0.25) is 11.8 Å². The molecule has 0 bridgehead atoms. The second-order valence-electron chi connectivity index (χ2n) is 3.62. The van der Waals surface area contributed by atoms with E-state index in [0.717, 1.165) is 5.76 Å². The van der Waals surface area contributed by atoms with Crippen molar-refractivity contribution in [3.05, 3.63) is 30.2 Å². The highest BCUT2D eigenvalue weighted by molar-refractivity contribution is 5.29. The highest BCUT2D eigenvalue weighted by Gasteiger charge is 2.12. The quantitative estimate of drug-likeness (QED) is 0.871. The lowest BCUT2D eigenvalue weighted by molar-refractivity contribution is 0.410. The summed E-state index contributed by atoms with van der Waals surface area (Å²) < 4.78 is 10.4. The number of nitrogens with one attached hydrogen (secondary N) is 1. The molecule has 2 aromatic heterocycles. The lowest BCUT2D eigenvalue weighted by Gasteiger charge is -2.09. The van der Waals surface area contributed by atoms with Crippen molar-refractivity contribution < 1.29 is 9.15 Å². The molecule has 6 nitrogen and oxygen atoms in total. The van der Waals surface area contributed by atoms with E-state index in [1.807, 2.05) is 13.8 Å². The molecule has 90 valence electrons. The Kier molecular flexibility index (Phi) is 3.22. The fraction of sp³-hybridized carbons (Fsp3) is 0.364. The van der Waals surface area contributed by atoms with Crippen molar-refractivity contribution in [2.75, 3.05) is 12.4 Å². The van der Waals surface area contributed by atoms with Crippen LogP contribution >= 0.6 is 0 Å². The Morgan fingerprint density at radius 2 is 1.94 bits per heavy atom. The zero-order valence-corrected chi connectivity index (χ0v) is 9.97. The molecule has 0 aromatic carbocycles. The lowest BCUT2D eigenvalue weighted by Crippen LogP contribution is -2.09. The van der Waals surface area contributed by atoms with Crippen LogP contribution in [0, 0.1) is 6.92 Å². The molecule has 0 aliphatic rings. The molecule has 1 N–H and O–H groups in total. The molecule has 0 spiro atoms. The maximum atomic E-state index is 5.41. The fourth-order valence-electron chi connectivity index (χ4n) is 1.32. The number of aromatic nitrogens is 3. The number of ether oxygens (including phenoxy) is 1. The molecule has 6 heteroatoms. The molecule has 0 aliphatic carbocycles. The molecule has 2 rings (SSSR count). The predicted octanol–water partition coefficient (Wildman–Crippen LogP) is 1.95. The van der Waals surface area contributed by atoms with Crippen LogP contribution in [0.3, 0.4) is 0 Å². The lowest BCUT2D eigenvalue weighted by atomic mass is 10.3. The van der Waals surface area contributed by atoms with Gasteiger partial charge in [0.15, 0.2) is 5.75 Å². The van der Waals surface area contributed by atoms with Gasteiger partial charge in [0.1, 0.15) is 11.8 Å². The minimum Gasteiger partial charge on any atom is -0.494 e. The highest BCUT2D eigenvalue weighted by Crippen LogP contribution is 2.17. The van der Waals surface area contributed by atoms with Gasteiger partial charge in [-0.2, -0.15) is 0 Å². The third kappa shape index (κ3) is 2.72. The molecule has 0 saturated carbocycles. The second-order valence-corrected chi connectivity index (χ2v) is 3.62. The average molecular weight is 234 g/mol. The fourth-order valence-corrected chi connectivity index (χ4v) is 1.32. The molecule has 0 fully saturated rings. The van der Waals surface area contributed by atoms with E-state index < -0.39 is 0 Å². The zero-order chi connectivity index (χ0) is 12.3. The summed E-state index contributed by atoms with van der Waals surface area (Å²) in [6.45, 7) is 3.78. The topological polar surface area (TPSA) is 73.1 Å². The van der Waals surface area contributed by atoms with Gasteiger partial charge in [-0.15, -0.1) is 0 Å². The number of nitrogens with zero attached hydrogens (tertiary/aromatic N) is 3. The van der Waals surface area contributed by atoms with Crippen LogP contribution in [0.5, 0.6) is 5.75 Å². The van der Waals surface area contributed by atoms with Gasteiger partial charge in [-0.25, -0.2) is 15.0 Å². The van der Waals surface area contributed by atoms with Crippen molar-refractivity contribution >= 4 is 5.95 Å². The molecule has 1 unspecified atom stereocenters. The Bertz CT molecular complexity index is 480. The van der Waals surface area contributed by atoms with E-state index in [0.29, 0.717) is 17.6 Å². The van der Waals surface area contributed by atoms with Gasteiger partial charge >= 0.3 is 0 Å². The van der Waals surface area contributed by atoms with E-state index in [1.54, 1.807) is 25.7 Å². The van der Waals surface area contributed by atoms with Gasteiger partial charge in [0.05, 0.1) is 25.7 Å². The van der Waals surface area contributed by atoms with Gasteiger partial charge in [-0.3, -0.25) is 0 Å². The van der Waals surface area contributed by atoms with Gasteiger partial charge in [-0.1, -0.05) is 0 Å². The number of oxazole rings is 1. The summed E-state index contributed by atoms with van der Waals surface area (Å²) in [6, 6.07) is -0.0860. The molecule has 17 heavy (non-hydrogen) atoms. The van der Waals surface area contributed by atoms with Crippen LogP contribution in [0.4, 0.5) is 5.95 Å². The van der Waals surface area contributed by atoms with Crippen LogP contribution in [0.15, 0.2) is 23.0 Å². The van der Waals surface area contributed by atoms with E-state index in [2.05, 4.69) is 20.3 Å². The minimum atomic E-state index is -0.0860. The van der Waals surface area contributed by atoms with Crippen molar-refractivity contribution in [1.82, 2.24) is 15.0 Å². The van der Waals surface area contributed by atoms with Crippen LogP contribution < -0.4 is 10.1 Å². The number of anilines is 1. The summed E-state index contributed by atoms with van der Waals surface area (Å²) in [5.41, 5.74) is 0. The van der Waals surface area contributed by atoms with Crippen LogP contribution in [0.1, 0.15) is 24.6 Å². The van der Waals surface area contributed by atoms with E-state index in [4.69, 9.17) is 9.15 Å². The number of methoxy groups -OCH3 is 1. The number of aryl methyl sites for hydroxylation is 1. The smallest absolute Gasteiger partial charge is 0.223 e. The normalized spacial score (nSPS) is 12.2. The summed E-state index contributed by atoms with van der Waals surface area (Å²) >= 11 is 0. The SMILES string of the molecule is COc1cnc(NC(C)c2ncc(C)o2)nc1. The predicted molar refractivity (Wildman–Crippen MR) is 61.9 cm³/mol. The molecular formula is C11H14N4O2. The van der Waals surface area contributed by atoms with Crippen molar-refractivity contribution in [2.45, 2.75) is 19.9 Å². The van der Waals surface area contributed by atoms with Gasteiger partial charge in [0, 0.05) is 0 Å². The van der Waals surface area contributed by atoms with Gasteiger partial charge in [-0.05, 0) is 13.8 Å². The van der Waals surface area contributed by atoms with E-state index in [1.165, 1.54) is 0 Å². The minimum absolute atomic E-state index is 0.0860. The molecule has 2 aromatic rings. The molecular weight excluding hydrogens is 220 g/mol. The highest BCUT2D eigenvalue weighted by atomic mass is 16.5. The maximum absolute atomic E-state index is 5.41. The summed E-state index contributed by atoms with van der Waals surface area (Å²) in [5.74, 6) is 2.52. The Morgan fingerprint density at radius 3 is 2.47 bits per heavy atom. The first-order valence-corrected chi connectivity index (χ1v) is 5.24. The monoisotopic (exact) mass is 234 g/mol. The van der Waals surface area contributed by atoms with Crippen LogP contribution in [0.2, 0.25) is 0 Å². The van der Waals surface area contributed by atoms with Crippen LogP contribution in [0.25, 0.3) is 0 Å². The van der Waals surface area contributed by atoms with Gasteiger partial charge in [0.25, 0.3) is 0 Å². The van der Waals surface area contributed by atoms with E-state index >= 15 is 0 Å². The number of hydrogen-bond acceptors (Lipinski definition) is 6. The Labute approximate surface area is 99.1 Å². The molecule has 0 saturated heterocycles. The average Bonchev–Trinajstić information content (AvgIpc) is 2.77. The third-order valence-corrected chi connectivity index (χ3v) is 2.22. The zero-order valence-electron chi connectivity index (χ0n) is 9.97. The number of rotatable bonds is 4. The van der Waals surface area contributed by atoms with Crippen LogP contribution in [-0.4, -0.2) is 22.1 Å². The first-order valence-electron chi connectivity index (χ1n) is 5.24. The molecule has 2 heterocycles.